The lowest BCUT2D eigenvalue weighted by molar-refractivity contribution is -0.116. The van der Waals surface area contributed by atoms with Crippen molar-refractivity contribution in [3.63, 3.8) is 0 Å². The van der Waals surface area contributed by atoms with Gasteiger partial charge in [-0.15, -0.1) is 0 Å². The molecule has 0 aliphatic heterocycles. The zero-order chi connectivity index (χ0) is 21.3. The van der Waals surface area contributed by atoms with Crippen LogP contribution in [0.3, 0.4) is 0 Å². The summed E-state index contributed by atoms with van der Waals surface area (Å²) in [6.45, 7) is 4.56. The van der Waals surface area contributed by atoms with Crippen molar-refractivity contribution in [2.24, 2.45) is 0 Å². The number of amides is 1. The maximum absolute atomic E-state index is 13.2. The maximum atomic E-state index is 13.2. The van der Waals surface area contributed by atoms with Gasteiger partial charge >= 0.3 is 0 Å². The third-order valence-corrected chi connectivity index (χ3v) is 4.79. The average Bonchev–Trinajstić information content (AvgIpc) is 2.79. The van der Waals surface area contributed by atoms with Gasteiger partial charge in [-0.25, -0.2) is 0 Å². The van der Waals surface area contributed by atoms with Crippen LogP contribution in [0.5, 0.6) is 11.5 Å². The Morgan fingerprint density at radius 1 is 0.933 bits per heavy atom. The largest absolute Gasteiger partial charge is 0.497 e. The number of methoxy groups -OCH3 is 1. The molecule has 1 N–H and O–H groups in total. The molecule has 3 rings (SSSR count). The molecule has 3 aromatic rings. The van der Waals surface area contributed by atoms with Crippen LogP contribution in [0, 0.1) is 0 Å². The monoisotopic (exact) mass is 401 g/mol. The first-order chi connectivity index (χ1) is 14.6. The van der Waals surface area contributed by atoms with Crippen LogP contribution >= 0.6 is 0 Å². The normalized spacial score (nSPS) is 12.2. The summed E-state index contributed by atoms with van der Waals surface area (Å²) in [6, 6.07) is 25.0. The SMILES string of the molecule is CCOc1ccc([C@@H](C)NC(=O)/C(=C/c2ccc(OC)cc2)c2ccccc2)cc1. The summed E-state index contributed by atoms with van der Waals surface area (Å²) >= 11 is 0. The highest BCUT2D eigenvalue weighted by Gasteiger charge is 2.16. The van der Waals surface area contributed by atoms with Gasteiger partial charge in [-0.05, 0) is 60.9 Å². The molecule has 1 amide bonds. The van der Waals surface area contributed by atoms with Crippen LogP contribution in [0.2, 0.25) is 0 Å². The van der Waals surface area contributed by atoms with Gasteiger partial charge in [-0.2, -0.15) is 0 Å². The summed E-state index contributed by atoms with van der Waals surface area (Å²) < 4.78 is 10.7. The van der Waals surface area contributed by atoms with E-state index in [0.29, 0.717) is 12.2 Å². The highest BCUT2D eigenvalue weighted by Crippen LogP contribution is 2.23. The summed E-state index contributed by atoms with van der Waals surface area (Å²) in [5, 5.41) is 3.12. The smallest absolute Gasteiger partial charge is 0.252 e. The average molecular weight is 402 g/mol. The summed E-state index contributed by atoms with van der Waals surface area (Å²) in [5.74, 6) is 1.48. The van der Waals surface area contributed by atoms with Gasteiger partial charge in [0.15, 0.2) is 0 Å². The van der Waals surface area contributed by atoms with Crippen molar-refractivity contribution in [3.05, 3.63) is 95.6 Å². The molecule has 0 bridgehead atoms. The predicted octanol–water partition coefficient (Wildman–Crippen LogP) is 5.51. The summed E-state index contributed by atoms with van der Waals surface area (Å²) in [7, 11) is 1.63. The Morgan fingerprint density at radius 2 is 1.57 bits per heavy atom. The third-order valence-electron chi connectivity index (χ3n) is 4.79. The molecule has 0 saturated carbocycles. The molecule has 0 aliphatic carbocycles. The zero-order valence-corrected chi connectivity index (χ0v) is 17.6. The molecule has 0 fully saturated rings. The van der Waals surface area contributed by atoms with Gasteiger partial charge in [0.2, 0.25) is 0 Å². The van der Waals surface area contributed by atoms with E-state index in [4.69, 9.17) is 9.47 Å². The number of ether oxygens (including phenoxy) is 2. The van der Waals surface area contributed by atoms with Crippen molar-refractivity contribution < 1.29 is 14.3 Å². The topological polar surface area (TPSA) is 47.6 Å². The van der Waals surface area contributed by atoms with E-state index in [2.05, 4.69) is 5.32 Å². The maximum Gasteiger partial charge on any atom is 0.252 e. The number of hydrogen-bond acceptors (Lipinski definition) is 3. The van der Waals surface area contributed by atoms with Crippen molar-refractivity contribution in [2.45, 2.75) is 19.9 Å². The Kier molecular flexibility index (Phi) is 7.28. The Balaban J connectivity index is 1.83. The lowest BCUT2D eigenvalue weighted by Crippen LogP contribution is -2.27. The van der Waals surface area contributed by atoms with Gasteiger partial charge < -0.3 is 14.8 Å². The van der Waals surface area contributed by atoms with Gasteiger partial charge in [0.1, 0.15) is 11.5 Å². The number of carbonyl (C=O) groups is 1. The van der Waals surface area contributed by atoms with Crippen LogP contribution in [0.4, 0.5) is 0 Å². The number of nitrogens with one attached hydrogen (secondary N) is 1. The van der Waals surface area contributed by atoms with E-state index in [1.54, 1.807) is 7.11 Å². The van der Waals surface area contributed by atoms with Gasteiger partial charge in [0.25, 0.3) is 5.91 Å². The first kappa shape index (κ1) is 21.2. The molecule has 0 heterocycles. The second-order valence-electron chi connectivity index (χ2n) is 6.89. The van der Waals surface area contributed by atoms with Crippen molar-refractivity contribution >= 4 is 17.6 Å². The van der Waals surface area contributed by atoms with Crippen LogP contribution in [-0.4, -0.2) is 19.6 Å². The molecule has 0 aromatic heterocycles. The Bertz CT molecular complexity index is 977. The second kappa shape index (κ2) is 10.3. The summed E-state index contributed by atoms with van der Waals surface area (Å²) in [5.41, 5.74) is 3.42. The van der Waals surface area contributed by atoms with Crippen LogP contribution in [0.25, 0.3) is 11.6 Å². The molecule has 0 saturated heterocycles. The predicted molar refractivity (Wildman–Crippen MR) is 121 cm³/mol. The fraction of sp³-hybridized carbons (Fsp3) is 0.192. The molecule has 0 spiro atoms. The lowest BCUT2D eigenvalue weighted by Gasteiger charge is -2.17. The Labute approximate surface area is 178 Å². The van der Waals surface area contributed by atoms with Gasteiger partial charge in [0, 0.05) is 5.57 Å². The molecular weight excluding hydrogens is 374 g/mol. The molecule has 3 aromatic carbocycles. The van der Waals surface area contributed by atoms with E-state index < -0.39 is 0 Å². The number of rotatable bonds is 8. The molecular formula is C26H27NO3. The number of hydrogen-bond donors (Lipinski definition) is 1. The van der Waals surface area contributed by atoms with Crippen molar-refractivity contribution in [3.8, 4) is 11.5 Å². The van der Waals surface area contributed by atoms with Crippen molar-refractivity contribution in [1.82, 2.24) is 5.32 Å². The first-order valence-corrected chi connectivity index (χ1v) is 10.1. The molecule has 30 heavy (non-hydrogen) atoms. The van der Waals surface area contributed by atoms with Crippen molar-refractivity contribution in [1.29, 1.82) is 0 Å². The van der Waals surface area contributed by atoms with E-state index in [1.165, 1.54) is 0 Å². The highest BCUT2D eigenvalue weighted by atomic mass is 16.5. The molecule has 154 valence electrons. The number of carbonyl (C=O) groups excluding carboxylic acids is 1. The fourth-order valence-corrected chi connectivity index (χ4v) is 3.14. The Hall–Kier alpha value is -3.53. The minimum absolute atomic E-state index is 0.126. The zero-order valence-electron chi connectivity index (χ0n) is 17.6. The lowest BCUT2D eigenvalue weighted by atomic mass is 10.0. The van der Waals surface area contributed by atoms with Gasteiger partial charge in [0.05, 0.1) is 19.8 Å². The molecule has 0 unspecified atom stereocenters. The molecule has 4 heteroatoms. The van der Waals surface area contributed by atoms with E-state index in [1.807, 2.05) is 98.8 Å². The molecule has 4 nitrogen and oxygen atoms in total. The first-order valence-electron chi connectivity index (χ1n) is 10.1. The van der Waals surface area contributed by atoms with Crippen LogP contribution in [0.1, 0.15) is 36.6 Å². The van der Waals surface area contributed by atoms with Crippen LogP contribution in [0.15, 0.2) is 78.9 Å². The van der Waals surface area contributed by atoms with E-state index in [0.717, 1.165) is 28.2 Å². The second-order valence-corrected chi connectivity index (χ2v) is 6.89. The highest BCUT2D eigenvalue weighted by molar-refractivity contribution is 6.24. The Morgan fingerprint density at radius 3 is 2.17 bits per heavy atom. The number of benzene rings is 3. The van der Waals surface area contributed by atoms with Crippen molar-refractivity contribution in [2.75, 3.05) is 13.7 Å². The summed E-state index contributed by atoms with van der Waals surface area (Å²) in [4.78, 5) is 13.2. The fourth-order valence-electron chi connectivity index (χ4n) is 3.14. The van der Waals surface area contributed by atoms with Gasteiger partial charge in [-0.1, -0.05) is 54.6 Å². The minimum Gasteiger partial charge on any atom is -0.497 e. The minimum atomic E-state index is -0.142. The van der Waals surface area contributed by atoms with E-state index >= 15 is 0 Å². The van der Waals surface area contributed by atoms with Gasteiger partial charge in [-0.3, -0.25) is 4.79 Å². The standard InChI is InChI=1S/C26H27NO3/c1-4-30-24-16-12-21(13-17-24)19(2)27-26(28)25(22-8-6-5-7-9-22)18-20-10-14-23(29-3)15-11-20/h5-19H,4H2,1-3H3,(H,27,28)/b25-18+/t19-/m1/s1. The van der Waals surface area contributed by atoms with Crippen LogP contribution in [-0.2, 0) is 4.79 Å². The molecule has 0 aliphatic rings. The van der Waals surface area contributed by atoms with E-state index in [9.17, 15) is 4.79 Å². The van der Waals surface area contributed by atoms with E-state index in [-0.39, 0.29) is 11.9 Å². The molecule has 0 radical (unpaired) electrons. The molecule has 1 atom stereocenters. The van der Waals surface area contributed by atoms with Crippen LogP contribution < -0.4 is 14.8 Å². The summed E-state index contributed by atoms with van der Waals surface area (Å²) in [6.07, 6.45) is 1.90. The quantitative estimate of drug-likeness (QED) is 0.400. The third kappa shape index (κ3) is 5.51.